The summed E-state index contributed by atoms with van der Waals surface area (Å²) >= 11 is 5.93. The molecular formula is C25H26ClFN6O2. The van der Waals surface area contributed by atoms with Crippen molar-refractivity contribution in [3.05, 3.63) is 58.4 Å². The molecule has 3 aromatic rings. The Labute approximate surface area is 207 Å². The maximum atomic E-state index is 14.4. The van der Waals surface area contributed by atoms with Crippen LogP contribution in [0.2, 0.25) is 5.02 Å². The molecule has 1 amide bonds. The predicted octanol–water partition coefficient (Wildman–Crippen LogP) is 4.18. The molecule has 1 fully saturated rings. The molecule has 0 aromatic carbocycles. The number of halogens is 2. The van der Waals surface area contributed by atoms with Crippen molar-refractivity contribution in [1.82, 2.24) is 24.8 Å². The number of hydrogen-bond donors (Lipinski definition) is 1. The number of aromatic nitrogens is 4. The normalized spacial score (nSPS) is 19.9. The molecule has 8 nitrogen and oxygen atoms in total. The van der Waals surface area contributed by atoms with E-state index in [0.29, 0.717) is 29.5 Å². The second-order valence-corrected chi connectivity index (χ2v) is 9.68. The summed E-state index contributed by atoms with van der Waals surface area (Å²) in [6.45, 7) is 4.80. The van der Waals surface area contributed by atoms with Gasteiger partial charge in [-0.3, -0.25) is 4.79 Å². The Balaban J connectivity index is 1.33. The van der Waals surface area contributed by atoms with E-state index in [-0.39, 0.29) is 17.3 Å². The van der Waals surface area contributed by atoms with Crippen LogP contribution in [0, 0.1) is 12.7 Å². The zero-order chi connectivity index (χ0) is 24.7. The molecule has 0 unspecified atom stereocenters. The molecule has 2 aliphatic heterocycles. The number of amides is 1. The Morgan fingerprint density at radius 3 is 2.74 bits per heavy atom. The molecule has 0 saturated carbocycles. The molecule has 0 aliphatic carbocycles. The van der Waals surface area contributed by atoms with E-state index in [4.69, 9.17) is 21.3 Å². The van der Waals surface area contributed by atoms with Crippen LogP contribution in [0.4, 0.5) is 10.2 Å². The highest BCUT2D eigenvalue weighted by Gasteiger charge is 2.43. The fraction of sp³-hybridized carbons (Fsp3) is 0.400. The molecule has 3 aromatic heterocycles. The topological polar surface area (TPSA) is 93.1 Å². The summed E-state index contributed by atoms with van der Waals surface area (Å²) in [5.74, 6) is 0.453. The number of methoxy groups -OCH3 is 1. The number of nitrogens with zero attached hydrogens (tertiary/aromatic N) is 5. The Morgan fingerprint density at radius 2 is 2.00 bits per heavy atom. The molecular weight excluding hydrogens is 471 g/mol. The summed E-state index contributed by atoms with van der Waals surface area (Å²) < 4.78 is 19.5. The van der Waals surface area contributed by atoms with Crippen molar-refractivity contribution in [3.63, 3.8) is 0 Å². The standard InChI is InChI=1S/C25H26ClFN6O2/c1-14(18-9-21(35-3)28-12-20(18)27)24(34)33-7-6-25(13-33)5-4-16-8-19(15(2)31-22(16)32-25)23-29-10-17(26)11-30-23/h8-12,14H,4-7,13H2,1-3H3,(H,31,32)/t14-,25+/m1/s1. The van der Waals surface area contributed by atoms with E-state index in [0.717, 1.165) is 48.1 Å². The first-order valence-electron chi connectivity index (χ1n) is 11.5. The molecule has 2 atom stereocenters. The lowest BCUT2D eigenvalue weighted by Crippen LogP contribution is -2.46. The van der Waals surface area contributed by atoms with Gasteiger partial charge in [0.25, 0.3) is 0 Å². The lowest BCUT2D eigenvalue weighted by Gasteiger charge is -2.36. The van der Waals surface area contributed by atoms with E-state index >= 15 is 0 Å². The SMILES string of the molecule is COc1cc([C@@H](C)C(=O)N2CC[C@@]3(CCc4cc(-c5ncc(Cl)cn5)c(C)nc4N3)C2)c(F)cn1. The van der Waals surface area contributed by atoms with Crippen molar-refractivity contribution < 1.29 is 13.9 Å². The third kappa shape index (κ3) is 4.40. The van der Waals surface area contributed by atoms with Crippen LogP contribution in [-0.4, -0.2) is 56.5 Å². The third-order valence-electron chi connectivity index (χ3n) is 6.98. The van der Waals surface area contributed by atoms with Crippen molar-refractivity contribution in [2.75, 3.05) is 25.5 Å². The zero-order valence-electron chi connectivity index (χ0n) is 19.8. The van der Waals surface area contributed by atoms with Gasteiger partial charge in [0.2, 0.25) is 11.8 Å². The Bertz CT molecular complexity index is 1290. The number of rotatable bonds is 4. The highest BCUT2D eigenvalue weighted by molar-refractivity contribution is 6.30. The number of anilines is 1. The summed E-state index contributed by atoms with van der Waals surface area (Å²) in [5, 5.41) is 4.11. The Kier molecular flexibility index (Phi) is 6.04. The van der Waals surface area contributed by atoms with E-state index in [1.165, 1.54) is 13.2 Å². The van der Waals surface area contributed by atoms with E-state index in [1.807, 2.05) is 11.8 Å². The summed E-state index contributed by atoms with van der Waals surface area (Å²) in [7, 11) is 1.47. The summed E-state index contributed by atoms with van der Waals surface area (Å²) in [4.78, 5) is 32.4. The van der Waals surface area contributed by atoms with Crippen LogP contribution >= 0.6 is 11.6 Å². The summed E-state index contributed by atoms with van der Waals surface area (Å²) in [6, 6.07) is 3.58. The lowest BCUT2D eigenvalue weighted by molar-refractivity contribution is -0.131. The minimum absolute atomic E-state index is 0.110. The van der Waals surface area contributed by atoms with Crippen molar-refractivity contribution in [2.24, 2.45) is 0 Å². The fourth-order valence-corrected chi connectivity index (χ4v) is 5.06. The molecule has 35 heavy (non-hydrogen) atoms. The fourth-order valence-electron chi connectivity index (χ4n) is 4.96. The summed E-state index contributed by atoms with van der Waals surface area (Å²) in [6.07, 6.45) is 6.74. The number of carbonyl (C=O) groups is 1. The second-order valence-electron chi connectivity index (χ2n) is 9.24. The molecule has 1 N–H and O–H groups in total. The van der Waals surface area contributed by atoms with E-state index in [9.17, 15) is 9.18 Å². The van der Waals surface area contributed by atoms with Crippen LogP contribution in [0.5, 0.6) is 5.88 Å². The molecule has 182 valence electrons. The molecule has 5 heterocycles. The molecule has 2 aliphatic rings. The van der Waals surface area contributed by atoms with Gasteiger partial charge in [-0.2, -0.15) is 0 Å². The van der Waals surface area contributed by atoms with Crippen LogP contribution in [0.25, 0.3) is 11.4 Å². The minimum atomic E-state index is -0.639. The highest BCUT2D eigenvalue weighted by atomic mass is 35.5. The molecule has 1 spiro atoms. The molecule has 1 saturated heterocycles. The third-order valence-corrected chi connectivity index (χ3v) is 7.18. The van der Waals surface area contributed by atoms with Crippen LogP contribution in [0.15, 0.2) is 30.7 Å². The molecule has 10 heteroatoms. The number of hydrogen-bond acceptors (Lipinski definition) is 7. The number of pyridine rings is 2. The molecule has 5 rings (SSSR count). The van der Waals surface area contributed by atoms with Gasteiger partial charge in [0.05, 0.1) is 35.5 Å². The van der Waals surface area contributed by atoms with Gasteiger partial charge in [-0.25, -0.2) is 24.3 Å². The number of nitrogens with one attached hydrogen (secondary N) is 1. The lowest BCUT2D eigenvalue weighted by atomic mass is 9.86. The van der Waals surface area contributed by atoms with Gasteiger partial charge in [0.1, 0.15) is 11.6 Å². The van der Waals surface area contributed by atoms with Crippen molar-refractivity contribution >= 4 is 23.3 Å². The van der Waals surface area contributed by atoms with Crippen molar-refractivity contribution in [1.29, 1.82) is 0 Å². The second kappa shape index (κ2) is 9.03. The van der Waals surface area contributed by atoms with Crippen molar-refractivity contribution in [3.8, 4) is 17.3 Å². The Hall–Kier alpha value is -3.33. The number of aryl methyl sites for hydroxylation is 2. The van der Waals surface area contributed by atoms with Crippen LogP contribution in [-0.2, 0) is 11.2 Å². The predicted molar refractivity (Wildman–Crippen MR) is 130 cm³/mol. The van der Waals surface area contributed by atoms with Crippen LogP contribution in [0.1, 0.15) is 42.5 Å². The first-order valence-corrected chi connectivity index (χ1v) is 11.9. The number of carbonyl (C=O) groups excluding carboxylic acids is 1. The number of likely N-dealkylation sites (tertiary alicyclic amines) is 1. The monoisotopic (exact) mass is 496 g/mol. The Morgan fingerprint density at radius 1 is 1.23 bits per heavy atom. The molecule has 0 radical (unpaired) electrons. The highest BCUT2D eigenvalue weighted by Crippen LogP contribution is 2.39. The van der Waals surface area contributed by atoms with Gasteiger partial charge in [-0.1, -0.05) is 11.6 Å². The maximum Gasteiger partial charge on any atom is 0.230 e. The van der Waals surface area contributed by atoms with Gasteiger partial charge in [0.15, 0.2) is 5.82 Å². The summed E-state index contributed by atoms with van der Waals surface area (Å²) in [5.41, 5.74) is 2.83. The first kappa shape index (κ1) is 23.4. The minimum Gasteiger partial charge on any atom is -0.481 e. The first-order chi connectivity index (χ1) is 16.8. The van der Waals surface area contributed by atoms with E-state index < -0.39 is 11.7 Å². The zero-order valence-corrected chi connectivity index (χ0v) is 20.6. The smallest absolute Gasteiger partial charge is 0.230 e. The van der Waals surface area contributed by atoms with Crippen LogP contribution in [0.3, 0.4) is 0 Å². The average Bonchev–Trinajstić information content (AvgIpc) is 3.27. The largest absolute Gasteiger partial charge is 0.481 e. The maximum absolute atomic E-state index is 14.4. The number of ether oxygens (including phenoxy) is 1. The van der Waals surface area contributed by atoms with Gasteiger partial charge in [-0.15, -0.1) is 0 Å². The van der Waals surface area contributed by atoms with Gasteiger partial charge < -0.3 is 15.0 Å². The van der Waals surface area contributed by atoms with Gasteiger partial charge >= 0.3 is 0 Å². The van der Waals surface area contributed by atoms with Gasteiger partial charge in [-0.05, 0) is 44.7 Å². The molecule has 0 bridgehead atoms. The van der Waals surface area contributed by atoms with E-state index in [2.05, 4.69) is 26.3 Å². The average molecular weight is 497 g/mol. The van der Waals surface area contributed by atoms with Gasteiger partial charge in [0, 0.05) is 42.7 Å². The number of fused-ring (bicyclic) bond motifs is 1. The van der Waals surface area contributed by atoms with E-state index in [1.54, 1.807) is 19.3 Å². The quantitative estimate of drug-likeness (QED) is 0.579. The van der Waals surface area contributed by atoms with Crippen molar-refractivity contribution in [2.45, 2.75) is 44.6 Å². The van der Waals surface area contributed by atoms with Crippen LogP contribution < -0.4 is 10.1 Å².